The lowest BCUT2D eigenvalue weighted by Crippen LogP contribution is -2.34. The van der Waals surface area contributed by atoms with Gasteiger partial charge in [0.1, 0.15) is 0 Å². The van der Waals surface area contributed by atoms with Crippen LogP contribution in [-0.4, -0.2) is 37.6 Å². The zero-order valence-corrected chi connectivity index (χ0v) is 20.2. The fourth-order valence-corrected chi connectivity index (χ4v) is 6.02. The van der Waals surface area contributed by atoms with Gasteiger partial charge in [-0.1, -0.05) is 48.6 Å². The number of piperidine rings is 1. The van der Waals surface area contributed by atoms with Crippen LogP contribution in [0.2, 0.25) is 0 Å². The molecule has 8 nitrogen and oxygen atoms in total. The molecule has 2 heterocycles. The van der Waals surface area contributed by atoms with Crippen molar-refractivity contribution >= 4 is 38.1 Å². The number of anilines is 2. The minimum Gasteiger partial charge on any atom is -0.371 e. The van der Waals surface area contributed by atoms with Crippen molar-refractivity contribution in [1.82, 2.24) is 14.9 Å². The first kappa shape index (κ1) is 23.3. The fraction of sp³-hybridized carbons (Fsp3) is 0.348. The largest absolute Gasteiger partial charge is 0.371 e. The van der Waals surface area contributed by atoms with Gasteiger partial charge in [0.05, 0.1) is 0 Å². The lowest BCUT2D eigenvalue weighted by atomic mass is 9.99. The Bertz CT molecular complexity index is 1200. The van der Waals surface area contributed by atoms with Gasteiger partial charge in [0, 0.05) is 30.4 Å². The molecule has 33 heavy (non-hydrogen) atoms. The van der Waals surface area contributed by atoms with Gasteiger partial charge in [0.25, 0.3) is 15.9 Å². The van der Waals surface area contributed by atoms with E-state index in [0.29, 0.717) is 11.5 Å². The van der Waals surface area contributed by atoms with Crippen LogP contribution in [0.4, 0.5) is 10.8 Å². The molecule has 0 aliphatic carbocycles. The molecule has 3 aromatic rings. The zero-order chi connectivity index (χ0) is 23.4. The van der Waals surface area contributed by atoms with Gasteiger partial charge in [-0.2, -0.15) is 0 Å². The Hall–Kier alpha value is -2.82. The molecule has 1 saturated heterocycles. The number of nitrogens with zero attached hydrogens (tertiary/aromatic N) is 3. The summed E-state index contributed by atoms with van der Waals surface area (Å²) in [4.78, 5) is 14.6. The third-order valence-corrected chi connectivity index (χ3v) is 8.39. The van der Waals surface area contributed by atoms with E-state index >= 15 is 0 Å². The number of benzene rings is 2. The van der Waals surface area contributed by atoms with Crippen molar-refractivity contribution in [2.45, 2.75) is 37.1 Å². The van der Waals surface area contributed by atoms with E-state index in [1.54, 1.807) is 37.3 Å². The normalized spacial score (nSPS) is 17.5. The summed E-state index contributed by atoms with van der Waals surface area (Å²) < 4.78 is 28.1. The van der Waals surface area contributed by atoms with Crippen molar-refractivity contribution in [2.24, 2.45) is 5.92 Å². The highest BCUT2D eigenvalue weighted by Gasteiger charge is 2.24. The van der Waals surface area contributed by atoms with E-state index in [4.69, 9.17) is 0 Å². The molecule has 0 bridgehead atoms. The quantitative estimate of drug-likeness (QED) is 0.489. The van der Waals surface area contributed by atoms with E-state index in [1.807, 2.05) is 24.3 Å². The van der Waals surface area contributed by atoms with Crippen LogP contribution in [0.1, 0.15) is 48.7 Å². The van der Waals surface area contributed by atoms with Gasteiger partial charge in [-0.25, -0.2) is 13.1 Å². The first-order valence-electron chi connectivity index (χ1n) is 10.9. The van der Waals surface area contributed by atoms with Crippen molar-refractivity contribution in [3.8, 4) is 0 Å². The predicted octanol–water partition coefficient (Wildman–Crippen LogP) is 4.07. The summed E-state index contributed by atoms with van der Waals surface area (Å²) >= 11 is 0.810. The lowest BCUT2D eigenvalue weighted by molar-refractivity contribution is 0.102. The number of rotatable bonds is 7. The number of aromatic nitrogens is 2. The monoisotopic (exact) mass is 485 g/mol. The van der Waals surface area contributed by atoms with E-state index in [0.717, 1.165) is 35.7 Å². The van der Waals surface area contributed by atoms with Gasteiger partial charge in [0.2, 0.25) is 9.47 Å². The topological polar surface area (TPSA) is 104 Å². The molecule has 10 heteroatoms. The Labute approximate surface area is 198 Å². The Morgan fingerprint density at radius 2 is 1.85 bits per heavy atom. The van der Waals surface area contributed by atoms with Crippen molar-refractivity contribution in [3.05, 3.63) is 65.7 Å². The van der Waals surface area contributed by atoms with Crippen LogP contribution >= 0.6 is 11.3 Å². The number of nitrogens with one attached hydrogen (secondary N) is 2. The maximum absolute atomic E-state index is 12.8. The maximum atomic E-state index is 12.8. The number of hydrogen-bond acceptors (Lipinski definition) is 7. The van der Waals surface area contributed by atoms with Crippen LogP contribution in [0.15, 0.2) is 58.9 Å². The molecule has 0 saturated carbocycles. The zero-order valence-electron chi connectivity index (χ0n) is 18.6. The highest BCUT2D eigenvalue weighted by atomic mass is 32.2. The molecule has 174 valence electrons. The molecule has 1 fully saturated rings. The second kappa shape index (κ2) is 9.98. The Morgan fingerprint density at radius 1 is 1.12 bits per heavy atom. The number of hydrogen-bond donors (Lipinski definition) is 2. The van der Waals surface area contributed by atoms with Crippen molar-refractivity contribution in [1.29, 1.82) is 0 Å². The summed E-state index contributed by atoms with van der Waals surface area (Å²) in [6, 6.07) is 16.2. The third kappa shape index (κ3) is 5.76. The molecule has 2 N–H and O–H groups in total. The molecule has 0 radical (unpaired) electrons. The second-order valence-corrected chi connectivity index (χ2v) is 11.2. The summed E-state index contributed by atoms with van der Waals surface area (Å²) in [5.41, 5.74) is 2.46. The van der Waals surface area contributed by atoms with Crippen LogP contribution in [0.5, 0.6) is 0 Å². The molecule has 0 unspecified atom stereocenters. The van der Waals surface area contributed by atoms with Crippen LogP contribution in [-0.2, 0) is 10.0 Å². The molecule has 2 atom stereocenters. The highest BCUT2D eigenvalue weighted by molar-refractivity contribution is 7.91. The van der Waals surface area contributed by atoms with Crippen molar-refractivity contribution in [3.63, 3.8) is 0 Å². The van der Waals surface area contributed by atoms with E-state index in [-0.39, 0.29) is 15.4 Å². The Kier molecular flexibility index (Phi) is 7.06. The third-order valence-electron chi connectivity index (χ3n) is 5.64. The smallest absolute Gasteiger partial charge is 0.270 e. The van der Waals surface area contributed by atoms with Crippen LogP contribution in [0.3, 0.4) is 0 Å². The van der Waals surface area contributed by atoms with E-state index in [2.05, 4.69) is 32.1 Å². The Balaban J connectivity index is 1.39. The highest BCUT2D eigenvalue weighted by Crippen LogP contribution is 2.26. The first-order chi connectivity index (χ1) is 15.8. The molecule has 1 aromatic heterocycles. The SMILES string of the molecule is C[C@@H]1CCCN(c2ccc([C@@H](C)NS(=O)(=O)c3nnc(NC(=O)c4ccccc4)s3)cc2)C1. The standard InChI is InChI=1S/C23H27N5O3S2/c1-16-7-6-14-28(15-16)20-12-10-18(11-13-20)17(2)27-33(30,31)23-26-25-22(32-23)24-21(29)19-8-4-3-5-9-19/h3-5,8-13,16-17,27H,6-7,14-15H2,1-2H3,(H,24,25,29)/t16-,17-/m1/s1. The van der Waals surface area contributed by atoms with Crippen molar-refractivity contribution in [2.75, 3.05) is 23.3 Å². The molecule has 2 aromatic carbocycles. The lowest BCUT2D eigenvalue weighted by Gasteiger charge is -2.33. The summed E-state index contributed by atoms with van der Waals surface area (Å²) in [6.07, 6.45) is 2.45. The van der Waals surface area contributed by atoms with Crippen molar-refractivity contribution < 1.29 is 13.2 Å². The molecule has 1 aliphatic rings. The molecule has 0 spiro atoms. The van der Waals surface area contributed by atoms with Gasteiger partial charge in [0.15, 0.2) is 0 Å². The number of amides is 1. The minimum atomic E-state index is -3.89. The number of carbonyl (C=O) groups is 1. The van der Waals surface area contributed by atoms with Crippen LogP contribution in [0.25, 0.3) is 0 Å². The second-order valence-electron chi connectivity index (χ2n) is 8.32. The molecule has 1 aliphatic heterocycles. The molecule has 1 amide bonds. The van der Waals surface area contributed by atoms with Gasteiger partial charge < -0.3 is 4.90 Å². The number of sulfonamides is 1. The van der Waals surface area contributed by atoms with Gasteiger partial charge in [-0.3, -0.25) is 10.1 Å². The predicted molar refractivity (Wildman–Crippen MR) is 130 cm³/mol. The summed E-state index contributed by atoms with van der Waals surface area (Å²) in [7, 11) is -3.89. The summed E-state index contributed by atoms with van der Waals surface area (Å²) in [6.45, 7) is 6.14. The fourth-order valence-electron chi connectivity index (χ4n) is 3.88. The van der Waals surface area contributed by atoms with E-state index in [1.165, 1.54) is 12.8 Å². The van der Waals surface area contributed by atoms with E-state index in [9.17, 15) is 13.2 Å². The summed E-state index contributed by atoms with van der Waals surface area (Å²) in [5, 5.41) is 10.3. The number of carbonyl (C=O) groups excluding carboxylic acids is 1. The summed E-state index contributed by atoms with van der Waals surface area (Å²) in [5.74, 6) is 0.304. The van der Waals surface area contributed by atoms with Gasteiger partial charge >= 0.3 is 0 Å². The first-order valence-corrected chi connectivity index (χ1v) is 13.2. The van der Waals surface area contributed by atoms with Gasteiger partial charge in [-0.05, 0) is 55.5 Å². The van der Waals surface area contributed by atoms with Crippen LogP contribution < -0.4 is 14.9 Å². The average molecular weight is 486 g/mol. The minimum absolute atomic E-state index is 0.122. The molecule has 4 rings (SSSR count). The molecular formula is C23H27N5O3S2. The molecular weight excluding hydrogens is 458 g/mol. The maximum Gasteiger partial charge on any atom is 0.270 e. The van der Waals surface area contributed by atoms with Gasteiger partial charge in [-0.15, -0.1) is 10.2 Å². The van der Waals surface area contributed by atoms with E-state index < -0.39 is 16.1 Å². The van der Waals surface area contributed by atoms with Crippen LogP contribution in [0, 0.1) is 5.92 Å². The Morgan fingerprint density at radius 3 is 2.55 bits per heavy atom. The average Bonchev–Trinajstić information content (AvgIpc) is 3.29.